The minimum atomic E-state index is -0.375. The summed E-state index contributed by atoms with van der Waals surface area (Å²) in [6.45, 7) is 5.71. The molecule has 3 rings (SSSR count). The quantitative estimate of drug-likeness (QED) is 0.819. The Kier molecular flexibility index (Phi) is 7.07. The molecule has 0 unspecified atom stereocenters. The van der Waals surface area contributed by atoms with Gasteiger partial charge in [0, 0.05) is 6.54 Å². The van der Waals surface area contributed by atoms with Crippen LogP contribution >= 0.6 is 24.8 Å². The smallest absolute Gasteiger partial charge is 0.0774 e. The van der Waals surface area contributed by atoms with Crippen LogP contribution in [0.15, 0.2) is 0 Å². The molecule has 0 bridgehead atoms. The first-order valence-electron chi connectivity index (χ1n) is 7.85. The first kappa shape index (κ1) is 18.5. The minimum absolute atomic E-state index is 0. The molecule has 1 aliphatic carbocycles. The van der Waals surface area contributed by atoms with E-state index in [1.165, 1.54) is 64.7 Å². The molecule has 120 valence electrons. The summed E-state index contributed by atoms with van der Waals surface area (Å²) in [6.07, 6.45) is 9.86. The van der Waals surface area contributed by atoms with E-state index < -0.39 is 0 Å². The number of halogens is 2. The van der Waals surface area contributed by atoms with E-state index in [0.29, 0.717) is 5.41 Å². The van der Waals surface area contributed by atoms with Gasteiger partial charge in [0.05, 0.1) is 5.60 Å². The highest BCUT2D eigenvalue weighted by molar-refractivity contribution is 5.85. The van der Waals surface area contributed by atoms with Crippen LogP contribution < -0.4 is 5.32 Å². The third kappa shape index (κ3) is 4.23. The number of nitrogens with zero attached hydrogens (tertiary/aromatic N) is 1. The molecule has 5 heteroatoms. The third-order valence-electron chi connectivity index (χ3n) is 5.62. The van der Waals surface area contributed by atoms with E-state index in [2.05, 4.69) is 10.2 Å². The van der Waals surface area contributed by atoms with E-state index in [1.54, 1.807) is 0 Å². The van der Waals surface area contributed by atoms with Crippen molar-refractivity contribution >= 4 is 24.8 Å². The largest absolute Gasteiger partial charge is 0.389 e. The Bertz CT molecular complexity index is 280. The summed E-state index contributed by atoms with van der Waals surface area (Å²) in [4.78, 5) is 2.47. The van der Waals surface area contributed by atoms with E-state index in [1.807, 2.05) is 0 Å². The fraction of sp³-hybridized carbons (Fsp3) is 1.00. The number of hydrogen-bond acceptors (Lipinski definition) is 3. The molecule has 2 saturated heterocycles. The molecule has 3 nitrogen and oxygen atoms in total. The van der Waals surface area contributed by atoms with Gasteiger partial charge in [0.15, 0.2) is 0 Å². The Balaban J connectivity index is 0.000001000. The van der Waals surface area contributed by atoms with E-state index in [9.17, 15) is 5.11 Å². The second kappa shape index (κ2) is 7.64. The monoisotopic (exact) mass is 324 g/mol. The Labute approximate surface area is 135 Å². The van der Waals surface area contributed by atoms with E-state index in [-0.39, 0.29) is 30.4 Å². The summed E-state index contributed by atoms with van der Waals surface area (Å²) in [5, 5.41) is 14.3. The van der Waals surface area contributed by atoms with Crippen LogP contribution in [0.25, 0.3) is 0 Å². The topological polar surface area (TPSA) is 35.5 Å². The first-order chi connectivity index (χ1) is 8.70. The van der Waals surface area contributed by atoms with Crippen LogP contribution in [0.4, 0.5) is 0 Å². The van der Waals surface area contributed by atoms with Gasteiger partial charge in [-0.25, -0.2) is 0 Å². The molecule has 2 N–H and O–H groups in total. The Morgan fingerprint density at radius 3 is 1.95 bits per heavy atom. The number of aliphatic hydroxyl groups is 1. The van der Waals surface area contributed by atoms with Gasteiger partial charge in [-0.2, -0.15) is 0 Å². The molecule has 0 atom stereocenters. The lowest BCUT2D eigenvalue weighted by atomic mass is 9.64. The molecular weight excluding hydrogens is 295 g/mol. The standard InChI is InChI=1S/C15H28N2O.2ClH/c18-15(13-17-11-1-2-12-17)5-3-14(4-6-15)7-9-16-10-8-14;;/h16,18H,1-13H2;2*1H. The highest BCUT2D eigenvalue weighted by Crippen LogP contribution is 2.46. The molecule has 1 saturated carbocycles. The molecule has 20 heavy (non-hydrogen) atoms. The van der Waals surface area contributed by atoms with Crippen molar-refractivity contribution in [2.75, 3.05) is 32.7 Å². The van der Waals surface area contributed by atoms with Gasteiger partial charge >= 0.3 is 0 Å². The predicted octanol–water partition coefficient (Wildman–Crippen LogP) is 2.60. The van der Waals surface area contributed by atoms with Crippen LogP contribution in [-0.2, 0) is 0 Å². The molecule has 1 spiro atoms. The molecule has 3 fully saturated rings. The number of β-amino-alcohol motifs (C(OH)–C–C–N with tert-alkyl or cyclic N) is 1. The molecule has 2 aliphatic heterocycles. The van der Waals surface area contributed by atoms with Crippen LogP contribution in [0.2, 0.25) is 0 Å². The maximum atomic E-state index is 10.8. The van der Waals surface area contributed by atoms with Crippen molar-refractivity contribution in [1.82, 2.24) is 10.2 Å². The van der Waals surface area contributed by atoms with Crippen LogP contribution in [0.1, 0.15) is 51.4 Å². The number of piperidine rings is 1. The molecule has 0 amide bonds. The molecule has 0 aromatic heterocycles. The van der Waals surface area contributed by atoms with Gasteiger partial charge in [-0.1, -0.05) is 0 Å². The minimum Gasteiger partial charge on any atom is -0.389 e. The summed E-state index contributed by atoms with van der Waals surface area (Å²) < 4.78 is 0. The maximum Gasteiger partial charge on any atom is 0.0774 e. The van der Waals surface area contributed by atoms with Gasteiger partial charge < -0.3 is 15.3 Å². The molecule has 0 radical (unpaired) electrons. The number of rotatable bonds is 2. The van der Waals surface area contributed by atoms with E-state index in [4.69, 9.17) is 0 Å². The zero-order chi connectivity index (χ0) is 12.5. The molecule has 2 heterocycles. The summed E-state index contributed by atoms with van der Waals surface area (Å²) in [7, 11) is 0. The zero-order valence-electron chi connectivity index (χ0n) is 12.4. The van der Waals surface area contributed by atoms with Crippen LogP contribution in [0, 0.1) is 5.41 Å². The molecule has 0 aromatic carbocycles. The number of hydrogen-bond donors (Lipinski definition) is 2. The van der Waals surface area contributed by atoms with Gasteiger partial charge in [0.25, 0.3) is 0 Å². The van der Waals surface area contributed by atoms with E-state index in [0.717, 1.165) is 19.4 Å². The second-order valence-corrected chi connectivity index (χ2v) is 6.96. The summed E-state index contributed by atoms with van der Waals surface area (Å²) in [5.41, 5.74) is 0.197. The SMILES string of the molecule is Cl.Cl.OC1(CN2CCCC2)CCC2(CCNCC2)CC1. The lowest BCUT2D eigenvalue weighted by molar-refractivity contribution is -0.0591. The van der Waals surface area contributed by atoms with E-state index >= 15 is 0 Å². The predicted molar refractivity (Wildman–Crippen MR) is 88.1 cm³/mol. The molecular formula is C15H30Cl2N2O. The highest BCUT2D eigenvalue weighted by atomic mass is 35.5. The third-order valence-corrected chi connectivity index (χ3v) is 5.62. The van der Waals surface area contributed by atoms with Gasteiger partial charge in [0.2, 0.25) is 0 Å². The summed E-state index contributed by atoms with van der Waals surface area (Å²) in [6, 6.07) is 0. The fourth-order valence-electron chi connectivity index (χ4n) is 4.22. The van der Waals surface area contributed by atoms with Crippen LogP contribution in [0.5, 0.6) is 0 Å². The second-order valence-electron chi connectivity index (χ2n) is 6.96. The van der Waals surface area contributed by atoms with Crippen LogP contribution in [0.3, 0.4) is 0 Å². The zero-order valence-corrected chi connectivity index (χ0v) is 14.0. The Hall–Kier alpha value is 0.460. The molecule has 3 aliphatic rings. The summed E-state index contributed by atoms with van der Waals surface area (Å²) in [5.74, 6) is 0. The van der Waals surface area contributed by atoms with Gasteiger partial charge in [-0.15, -0.1) is 24.8 Å². The van der Waals surface area contributed by atoms with Gasteiger partial charge in [0.1, 0.15) is 0 Å². The van der Waals surface area contributed by atoms with Gasteiger partial charge in [-0.05, 0) is 83.0 Å². The van der Waals surface area contributed by atoms with Crippen molar-refractivity contribution in [1.29, 1.82) is 0 Å². The van der Waals surface area contributed by atoms with Gasteiger partial charge in [-0.3, -0.25) is 0 Å². The summed E-state index contributed by atoms with van der Waals surface area (Å²) >= 11 is 0. The van der Waals surface area contributed by atoms with Crippen molar-refractivity contribution in [3.63, 3.8) is 0 Å². The first-order valence-corrected chi connectivity index (χ1v) is 7.85. The maximum absolute atomic E-state index is 10.8. The lowest BCUT2D eigenvalue weighted by Gasteiger charge is -2.47. The van der Waals surface area contributed by atoms with Crippen molar-refractivity contribution in [3.8, 4) is 0 Å². The average molecular weight is 325 g/mol. The van der Waals surface area contributed by atoms with Crippen molar-refractivity contribution in [2.45, 2.75) is 57.0 Å². The number of nitrogens with one attached hydrogen (secondary N) is 1. The highest BCUT2D eigenvalue weighted by Gasteiger charge is 2.42. The normalized spacial score (nSPS) is 28.6. The van der Waals surface area contributed by atoms with Crippen molar-refractivity contribution < 1.29 is 5.11 Å². The Morgan fingerprint density at radius 1 is 0.850 bits per heavy atom. The van der Waals surface area contributed by atoms with Crippen molar-refractivity contribution in [3.05, 3.63) is 0 Å². The van der Waals surface area contributed by atoms with Crippen molar-refractivity contribution in [2.24, 2.45) is 5.41 Å². The fourth-order valence-corrected chi connectivity index (χ4v) is 4.22. The average Bonchev–Trinajstić information content (AvgIpc) is 2.88. The number of likely N-dealkylation sites (tertiary alicyclic amines) is 1. The lowest BCUT2D eigenvalue weighted by Crippen LogP contribution is -2.49. The molecule has 0 aromatic rings. The Morgan fingerprint density at radius 2 is 1.40 bits per heavy atom. The van der Waals surface area contributed by atoms with Crippen LogP contribution in [-0.4, -0.2) is 48.3 Å².